The molecule has 1 aliphatic heterocycles. The number of carbonyl (C=O) groups excluding carboxylic acids is 1. The average Bonchev–Trinajstić information content (AvgIpc) is 3.18. The number of aldehydes is 1. The Hall–Kier alpha value is -2.59. The summed E-state index contributed by atoms with van der Waals surface area (Å²) in [5.74, 6) is 0.493. The van der Waals surface area contributed by atoms with E-state index in [9.17, 15) is 14.7 Å². The second-order valence-electron chi connectivity index (χ2n) is 7.28. The molecule has 10 nitrogen and oxygen atoms in total. The number of nitrogens with two attached hydrogens (primary N) is 1. The molecule has 0 saturated carbocycles. The molecule has 2 heterocycles. The average molecular weight is 493 g/mol. The van der Waals surface area contributed by atoms with Gasteiger partial charge in [-0.15, -0.1) is 0 Å². The molecule has 4 unspecified atom stereocenters. The number of hydrogen-bond acceptors (Lipinski definition) is 9. The van der Waals surface area contributed by atoms with Crippen LogP contribution in [-0.2, 0) is 14.1 Å². The van der Waals surface area contributed by atoms with Gasteiger partial charge in [0.25, 0.3) is 0 Å². The van der Waals surface area contributed by atoms with Crippen molar-refractivity contribution in [3.05, 3.63) is 64.2 Å². The minimum atomic E-state index is -1.71. The lowest BCUT2D eigenvalue weighted by molar-refractivity contribution is -0.107. The second kappa shape index (κ2) is 10.6. The Bertz CT molecular complexity index is 1190. The van der Waals surface area contributed by atoms with Crippen LogP contribution in [0.2, 0.25) is 5.02 Å². The summed E-state index contributed by atoms with van der Waals surface area (Å²) in [6.07, 6.45) is -0.246. The maximum atomic E-state index is 12.1. The molecule has 4 rings (SSSR count). The van der Waals surface area contributed by atoms with Crippen molar-refractivity contribution in [2.45, 2.75) is 24.9 Å². The van der Waals surface area contributed by atoms with Crippen molar-refractivity contribution in [1.29, 1.82) is 0 Å². The van der Waals surface area contributed by atoms with Crippen LogP contribution in [0.4, 0.5) is 5.82 Å². The van der Waals surface area contributed by atoms with Gasteiger partial charge in [0.15, 0.2) is 0 Å². The predicted octanol–water partition coefficient (Wildman–Crippen LogP) is 2.39. The first-order valence-corrected chi connectivity index (χ1v) is 11.6. The van der Waals surface area contributed by atoms with E-state index in [2.05, 4.69) is 10.1 Å². The number of anilines is 1. The first-order valence-electron chi connectivity index (χ1n) is 10.1. The van der Waals surface area contributed by atoms with Crippen LogP contribution in [-0.4, -0.2) is 46.3 Å². The van der Waals surface area contributed by atoms with Gasteiger partial charge in [0.05, 0.1) is 24.3 Å². The van der Waals surface area contributed by atoms with Crippen LogP contribution in [0.3, 0.4) is 0 Å². The van der Waals surface area contributed by atoms with Crippen LogP contribution < -0.4 is 21.0 Å². The van der Waals surface area contributed by atoms with E-state index < -0.39 is 32.7 Å². The molecule has 2 aromatic carbocycles. The summed E-state index contributed by atoms with van der Waals surface area (Å²) in [6.45, 7) is -0.00528. The summed E-state index contributed by atoms with van der Waals surface area (Å²) < 4.78 is 18.7. The molecule has 4 atom stereocenters. The van der Waals surface area contributed by atoms with E-state index in [1.54, 1.807) is 0 Å². The predicted molar refractivity (Wildman–Crippen MR) is 124 cm³/mol. The molecule has 33 heavy (non-hydrogen) atoms. The molecule has 174 valence electrons. The molecular formula is C21H22ClN4O6P. The van der Waals surface area contributed by atoms with Gasteiger partial charge in [-0.1, -0.05) is 41.9 Å². The van der Waals surface area contributed by atoms with Crippen LogP contribution in [0, 0.1) is 0 Å². The van der Waals surface area contributed by atoms with Crippen LogP contribution in [0.1, 0.15) is 12.6 Å². The van der Waals surface area contributed by atoms with Gasteiger partial charge in [0.2, 0.25) is 0 Å². The summed E-state index contributed by atoms with van der Waals surface area (Å²) in [6, 6.07) is 13.5. The van der Waals surface area contributed by atoms with Crippen LogP contribution in [0.15, 0.2) is 53.5 Å². The van der Waals surface area contributed by atoms with Crippen molar-refractivity contribution in [2.75, 3.05) is 18.9 Å². The number of halogens is 1. The van der Waals surface area contributed by atoms with E-state index in [0.717, 1.165) is 10.8 Å². The molecule has 0 bridgehead atoms. The molecule has 4 N–H and O–H groups in total. The van der Waals surface area contributed by atoms with Gasteiger partial charge < -0.3 is 29.4 Å². The van der Waals surface area contributed by atoms with Crippen molar-refractivity contribution in [3.63, 3.8) is 0 Å². The highest BCUT2D eigenvalue weighted by Crippen LogP contribution is 2.38. The lowest BCUT2D eigenvalue weighted by atomic mass is 10.1. The number of benzene rings is 2. The van der Waals surface area contributed by atoms with Crippen molar-refractivity contribution >= 4 is 43.0 Å². The van der Waals surface area contributed by atoms with E-state index in [1.165, 1.54) is 10.8 Å². The number of aliphatic hydroxyl groups is 1. The fourth-order valence-corrected chi connectivity index (χ4v) is 4.54. The smallest absolute Gasteiger partial charge is 0.351 e. The Kier molecular flexibility index (Phi) is 7.54. The summed E-state index contributed by atoms with van der Waals surface area (Å²) in [5.41, 5.74) is 4.91. The summed E-state index contributed by atoms with van der Waals surface area (Å²) >= 11 is 5.96. The maximum absolute atomic E-state index is 12.1. The van der Waals surface area contributed by atoms with Crippen molar-refractivity contribution in [1.82, 2.24) is 14.6 Å². The number of aromatic nitrogens is 2. The summed E-state index contributed by atoms with van der Waals surface area (Å²) in [5, 5.41) is 15.5. The SMILES string of the molecule is Nc1nc(=O)n(C2CC(O)C(COP(NCC=O)Oc3ccc4ccccc4c3)O2)cc1Cl. The number of fused-ring (bicyclic) bond motifs is 1. The number of hydrogen-bond donors (Lipinski definition) is 3. The third kappa shape index (κ3) is 5.67. The molecule has 1 aromatic heterocycles. The molecule has 0 aliphatic carbocycles. The normalized spacial score (nSPS) is 21.2. The lowest BCUT2D eigenvalue weighted by Crippen LogP contribution is -2.29. The van der Waals surface area contributed by atoms with Gasteiger partial charge in [0.1, 0.15) is 30.2 Å². The highest BCUT2D eigenvalue weighted by Gasteiger charge is 2.36. The fourth-order valence-electron chi connectivity index (χ4n) is 3.38. The third-order valence-corrected chi connectivity index (χ3v) is 6.51. The molecule has 1 fully saturated rings. The van der Waals surface area contributed by atoms with E-state index in [1.807, 2.05) is 42.5 Å². The largest absolute Gasteiger partial charge is 0.436 e. The Morgan fingerprint density at radius 2 is 2.12 bits per heavy atom. The molecule has 1 saturated heterocycles. The van der Waals surface area contributed by atoms with Crippen molar-refractivity contribution in [3.8, 4) is 5.75 Å². The number of nitrogen functional groups attached to an aromatic ring is 1. The first-order chi connectivity index (χ1) is 15.9. The van der Waals surface area contributed by atoms with Crippen molar-refractivity contribution < 1.29 is 23.7 Å². The van der Waals surface area contributed by atoms with Crippen LogP contribution in [0.25, 0.3) is 10.8 Å². The summed E-state index contributed by atoms with van der Waals surface area (Å²) in [4.78, 5) is 26.6. The van der Waals surface area contributed by atoms with Gasteiger partial charge in [-0.05, 0) is 22.9 Å². The molecular weight excluding hydrogens is 471 g/mol. The maximum Gasteiger partial charge on any atom is 0.351 e. The highest BCUT2D eigenvalue weighted by molar-refractivity contribution is 7.45. The minimum Gasteiger partial charge on any atom is -0.436 e. The van der Waals surface area contributed by atoms with Crippen LogP contribution in [0.5, 0.6) is 5.75 Å². The minimum absolute atomic E-state index is 0.0288. The lowest BCUT2D eigenvalue weighted by Gasteiger charge is -2.21. The van der Waals surface area contributed by atoms with Crippen molar-refractivity contribution in [2.24, 2.45) is 0 Å². The second-order valence-corrected chi connectivity index (χ2v) is 8.96. The zero-order valence-corrected chi connectivity index (χ0v) is 19.0. The van der Waals surface area contributed by atoms with E-state index in [0.29, 0.717) is 12.0 Å². The Morgan fingerprint density at radius 3 is 2.91 bits per heavy atom. The fraction of sp³-hybridized carbons (Fsp3) is 0.286. The Morgan fingerprint density at radius 1 is 1.33 bits per heavy atom. The zero-order chi connectivity index (χ0) is 23.4. The number of carbonyl (C=O) groups is 1. The van der Waals surface area contributed by atoms with E-state index >= 15 is 0 Å². The topological polar surface area (TPSA) is 138 Å². The van der Waals surface area contributed by atoms with E-state index in [4.69, 9.17) is 31.1 Å². The van der Waals surface area contributed by atoms with Gasteiger partial charge in [0, 0.05) is 12.6 Å². The molecule has 1 aliphatic rings. The van der Waals surface area contributed by atoms with Gasteiger partial charge in [-0.25, -0.2) is 9.88 Å². The number of rotatable bonds is 9. The van der Waals surface area contributed by atoms with Gasteiger partial charge >= 0.3 is 14.2 Å². The number of aliphatic hydroxyl groups excluding tert-OH is 1. The molecule has 0 radical (unpaired) electrons. The first kappa shape index (κ1) is 23.6. The van der Waals surface area contributed by atoms with Gasteiger partial charge in [-0.3, -0.25) is 4.57 Å². The quantitative estimate of drug-likeness (QED) is 0.303. The number of nitrogens with zero attached hydrogens (tertiary/aromatic N) is 2. The number of nitrogens with one attached hydrogen (secondary N) is 1. The Labute approximate surface area is 195 Å². The highest BCUT2D eigenvalue weighted by atomic mass is 35.5. The zero-order valence-electron chi connectivity index (χ0n) is 17.3. The van der Waals surface area contributed by atoms with Gasteiger partial charge in [-0.2, -0.15) is 4.98 Å². The molecule has 0 spiro atoms. The van der Waals surface area contributed by atoms with Crippen LogP contribution >= 0.6 is 20.1 Å². The van der Waals surface area contributed by atoms with E-state index in [-0.39, 0.29) is 30.4 Å². The Balaban J connectivity index is 1.41. The molecule has 3 aromatic rings. The standard InChI is InChI=1S/C21H22ClN4O6P/c22-16-11-26(21(29)25-20(16)23)19-10-17(28)18(31-19)12-30-33(24-7-8-27)32-15-6-5-13-3-1-2-4-14(13)9-15/h1-6,8-9,11,17-19,24,28H,7,10,12H2,(H2,23,25,29). The number of ether oxygens (including phenoxy) is 1. The monoisotopic (exact) mass is 492 g/mol. The third-order valence-electron chi connectivity index (χ3n) is 5.02. The summed E-state index contributed by atoms with van der Waals surface area (Å²) in [7, 11) is -1.71. The molecule has 12 heteroatoms. The molecule has 0 amide bonds.